The number of hydrogen-bond acceptors (Lipinski definition) is 7. The van der Waals surface area contributed by atoms with Crippen LogP contribution in [0.2, 0.25) is 5.02 Å². The molecule has 1 aromatic heterocycles. The van der Waals surface area contributed by atoms with Gasteiger partial charge in [-0.3, -0.25) is 19.4 Å². The van der Waals surface area contributed by atoms with Crippen molar-refractivity contribution in [1.29, 1.82) is 0 Å². The average molecular weight is 526 g/mol. The summed E-state index contributed by atoms with van der Waals surface area (Å²) in [6.45, 7) is 2.16. The molecule has 2 saturated heterocycles. The molecule has 2 N–H and O–H groups in total. The van der Waals surface area contributed by atoms with E-state index in [1.54, 1.807) is 6.20 Å². The van der Waals surface area contributed by atoms with Crippen molar-refractivity contribution >= 4 is 38.9 Å². The minimum absolute atomic E-state index is 0.0221. The number of amides is 1. The third-order valence-corrected chi connectivity index (χ3v) is 7.02. The van der Waals surface area contributed by atoms with E-state index < -0.39 is 21.8 Å². The van der Waals surface area contributed by atoms with E-state index >= 15 is 0 Å². The van der Waals surface area contributed by atoms with E-state index in [0.717, 1.165) is 25.8 Å². The van der Waals surface area contributed by atoms with Crippen molar-refractivity contribution in [2.45, 2.75) is 25.0 Å². The number of halogens is 2. The molecule has 0 aliphatic carbocycles. The molecule has 2 aromatic rings. The lowest BCUT2D eigenvalue weighted by Gasteiger charge is -2.20. The summed E-state index contributed by atoms with van der Waals surface area (Å²) in [5.74, 6) is -0.738. The van der Waals surface area contributed by atoms with Gasteiger partial charge in [-0.05, 0) is 45.1 Å². The molecule has 12 heteroatoms. The predicted octanol–water partition coefficient (Wildman–Crippen LogP) is 2.96. The number of nitrogens with one attached hydrogen (secondary N) is 2. The molecule has 1 amide bonds. The zero-order valence-corrected chi connectivity index (χ0v) is 21.4. The Morgan fingerprint density at radius 1 is 1.20 bits per heavy atom. The number of sulfonamides is 1. The number of carbonyl (C=O) groups is 1. The maximum Gasteiger partial charge on any atom is 0.229 e. The van der Waals surface area contributed by atoms with Crippen LogP contribution in [0.5, 0.6) is 5.75 Å². The fourth-order valence-electron chi connectivity index (χ4n) is 4.61. The molecule has 35 heavy (non-hydrogen) atoms. The third-order valence-electron chi connectivity index (χ3n) is 6.20. The van der Waals surface area contributed by atoms with Crippen LogP contribution in [0.15, 0.2) is 30.5 Å². The highest BCUT2D eigenvalue weighted by Gasteiger charge is 2.37. The smallest absolute Gasteiger partial charge is 0.229 e. The lowest BCUT2D eigenvalue weighted by atomic mass is 10.0. The van der Waals surface area contributed by atoms with Crippen LogP contribution in [0.3, 0.4) is 0 Å². The molecule has 9 nitrogen and oxygen atoms in total. The molecule has 4 rings (SSSR count). The summed E-state index contributed by atoms with van der Waals surface area (Å²) in [5.41, 5.74) is 0.888. The number of likely N-dealkylation sites (tertiary alicyclic amines) is 2. The highest BCUT2D eigenvalue weighted by atomic mass is 35.5. The number of ether oxygens (including phenoxy) is 1. The maximum atomic E-state index is 15.0. The molecule has 2 aliphatic rings. The Kier molecular flexibility index (Phi) is 7.51. The number of aromatic nitrogens is 1. The molecule has 190 valence electrons. The Morgan fingerprint density at radius 2 is 1.94 bits per heavy atom. The van der Waals surface area contributed by atoms with Gasteiger partial charge in [-0.25, -0.2) is 12.8 Å². The van der Waals surface area contributed by atoms with E-state index in [2.05, 4.69) is 19.9 Å². The topological polar surface area (TPSA) is 104 Å². The van der Waals surface area contributed by atoms with Gasteiger partial charge in [-0.15, -0.1) is 0 Å². The minimum atomic E-state index is -3.50. The van der Waals surface area contributed by atoms with Gasteiger partial charge in [0.15, 0.2) is 0 Å². The van der Waals surface area contributed by atoms with Crippen molar-refractivity contribution in [2.24, 2.45) is 5.92 Å². The van der Waals surface area contributed by atoms with Crippen molar-refractivity contribution in [3.05, 3.63) is 47.0 Å². The van der Waals surface area contributed by atoms with Crippen molar-refractivity contribution in [2.75, 3.05) is 50.0 Å². The predicted molar refractivity (Wildman–Crippen MR) is 133 cm³/mol. The van der Waals surface area contributed by atoms with Crippen LogP contribution >= 0.6 is 11.6 Å². The molecule has 3 atom stereocenters. The number of nitrogens with zero attached hydrogens (tertiary/aromatic N) is 3. The van der Waals surface area contributed by atoms with E-state index in [9.17, 15) is 17.6 Å². The molecule has 0 spiro atoms. The van der Waals surface area contributed by atoms with Gasteiger partial charge in [0.25, 0.3) is 0 Å². The Morgan fingerprint density at radius 3 is 2.60 bits per heavy atom. The first kappa shape index (κ1) is 25.6. The van der Waals surface area contributed by atoms with Crippen LogP contribution in [0, 0.1) is 11.7 Å². The number of likely N-dealkylation sites (N-methyl/N-ethyl adjacent to an activating group) is 1. The molecule has 1 aromatic carbocycles. The Hall–Kier alpha value is -2.47. The second-order valence-corrected chi connectivity index (χ2v) is 11.5. The van der Waals surface area contributed by atoms with Crippen molar-refractivity contribution in [3.8, 4) is 5.75 Å². The summed E-state index contributed by atoms with van der Waals surface area (Å²) in [7, 11) is 0.346. The molecular formula is C23H29ClFN5O4S. The summed E-state index contributed by atoms with van der Waals surface area (Å²) < 4.78 is 46.2. The molecule has 0 radical (unpaired) electrons. The van der Waals surface area contributed by atoms with E-state index in [1.807, 2.05) is 19.0 Å². The normalized spacial score (nSPS) is 23.4. The van der Waals surface area contributed by atoms with Gasteiger partial charge in [0, 0.05) is 36.4 Å². The van der Waals surface area contributed by atoms with Gasteiger partial charge in [0.1, 0.15) is 17.7 Å². The summed E-state index contributed by atoms with van der Waals surface area (Å²) in [6.07, 6.45) is 3.86. The molecule has 2 fully saturated rings. The highest BCUT2D eigenvalue weighted by molar-refractivity contribution is 7.92. The van der Waals surface area contributed by atoms with Gasteiger partial charge >= 0.3 is 0 Å². The molecular weight excluding hydrogens is 497 g/mol. The second-order valence-electron chi connectivity index (χ2n) is 9.31. The number of hydrogen-bond donors (Lipinski definition) is 2. The van der Waals surface area contributed by atoms with E-state index in [0.29, 0.717) is 24.4 Å². The quantitative estimate of drug-likeness (QED) is 0.572. The lowest BCUT2D eigenvalue weighted by molar-refractivity contribution is -0.119. The molecule has 0 bridgehead atoms. The summed E-state index contributed by atoms with van der Waals surface area (Å²) in [4.78, 5) is 21.3. The largest absolute Gasteiger partial charge is 0.487 e. The van der Waals surface area contributed by atoms with Crippen molar-refractivity contribution in [1.82, 2.24) is 14.8 Å². The van der Waals surface area contributed by atoms with Gasteiger partial charge in [0.05, 0.1) is 35.8 Å². The van der Waals surface area contributed by atoms with Crippen LogP contribution in [0.1, 0.15) is 24.6 Å². The zero-order valence-electron chi connectivity index (χ0n) is 19.8. The maximum absolute atomic E-state index is 15.0. The van der Waals surface area contributed by atoms with Gasteiger partial charge < -0.3 is 15.0 Å². The Bertz CT molecular complexity index is 1210. The summed E-state index contributed by atoms with van der Waals surface area (Å²) >= 11 is 6.08. The number of pyridine rings is 1. The summed E-state index contributed by atoms with van der Waals surface area (Å²) in [5, 5.41) is 3.06. The van der Waals surface area contributed by atoms with Gasteiger partial charge in [0.2, 0.25) is 15.9 Å². The lowest BCUT2D eigenvalue weighted by Crippen LogP contribution is -2.25. The third kappa shape index (κ3) is 6.60. The highest BCUT2D eigenvalue weighted by Crippen LogP contribution is 2.36. The number of anilines is 2. The van der Waals surface area contributed by atoms with Crippen LogP contribution in [-0.4, -0.2) is 75.2 Å². The minimum Gasteiger partial charge on any atom is -0.487 e. The van der Waals surface area contributed by atoms with Crippen molar-refractivity contribution in [3.63, 3.8) is 0 Å². The number of benzene rings is 1. The van der Waals surface area contributed by atoms with Crippen molar-refractivity contribution < 1.29 is 22.3 Å². The first-order chi connectivity index (χ1) is 16.5. The molecule has 2 unspecified atom stereocenters. The number of rotatable bonds is 7. The zero-order chi connectivity index (χ0) is 25.3. The molecule has 2 aliphatic heterocycles. The fraction of sp³-hybridized carbons (Fsp3) is 0.478. The standard InChI is InChI=1S/C23H29ClFN5O4S/c1-29-5-4-18(13-29)34-19-10-20(25)22(26-11-19)21-6-14(12-30(21)2)23(31)27-16-7-15(24)8-17(9-16)28-35(3,32)33/h7-11,14,18,21,28H,4-6,12-13H2,1-3H3,(H,27,31)/t14?,18-,21?/m0/s1. The first-order valence-corrected chi connectivity index (χ1v) is 13.5. The van der Waals surface area contributed by atoms with Crippen LogP contribution in [-0.2, 0) is 14.8 Å². The first-order valence-electron chi connectivity index (χ1n) is 11.3. The SMILES string of the molecule is CN1CC[C@H](Oc2cnc(C3CC(C(=O)Nc4cc(Cl)cc(NS(C)(=O)=O)c4)CN3C)c(F)c2)C1. The molecule has 0 saturated carbocycles. The van der Waals surface area contributed by atoms with Crippen LogP contribution in [0.4, 0.5) is 15.8 Å². The van der Waals surface area contributed by atoms with E-state index in [4.69, 9.17) is 16.3 Å². The summed E-state index contributed by atoms with van der Waals surface area (Å²) in [6, 6.07) is 5.47. The Labute approximate surface area is 209 Å². The second kappa shape index (κ2) is 10.3. The van der Waals surface area contributed by atoms with Crippen LogP contribution in [0.25, 0.3) is 0 Å². The van der Waals surface area contributed by atoms with Crippen LogP contribution < -0.4 is 14.8 Å². The monoisotopic (exact) mass is 525 g/mol. The fourth-order valence-corrected chi connectivity index (χ4v) is 5.39. The Balaban J connectivity index is 1.41. The van der Waals surface area contributed by atoms with E-state index in [1.165, 1.54) is 24.3 Å². The molecule has 3 heterocycles. The van der Waals surface area contributed by atoms with Gasteiger partial charge in [-0.2, -0.15) is 0 Å². The average Bonchev–Trinajstić information content (AvgIpc) is 3.31. The van der Waals surface area contributed by atoms with Gasteiger partial charge in [-0.1, -0.05) is 11.6 Å². The van der Waals surface area contributed by atoms with E-state index in [-0.39, 0.29) is 34.5 Å². The number of carbonyl (C=O) groups excluding carboxylic acids is 1.